The van der Waals surface area contributed by atoms with Crippen molar-refractivity contribution < 1.29 is 0 Å². The highest BCUT2D eigenvalue weighted by Crippen LogP contribution is 2.13. The molecule has 0 bridgehead atoms. The zero-order valence-electron chi connectivity index (χ0n) is 9.22. The molecule has 2 rings (SSSR count). The summed E-state index contributed by atoms with van der Waals surface area (Å²) in [5, 5.41) is 11.5. The second-order valence-corrected chi connectivity index (χ2v) is 5.56. The highest BCUT2D eigenvalue weighted by atomic mass is 32.1. The largest absolute Gasteiger partial charge is 0.311 e. The summed E-state index contributed by atoms with van der Waals surface area (Å²) in [6, 6.07) is 4.31. The second-order valence-electron chi connectivity index (χ2n) is 3.92. The molecule has 0 aliphatic carbocycles. The Labute approximate surface area is 104 Å². The summed E-state index contributed by atoms with van der Waals surface area (Å²) >= 11 is 3.24. The average molecular weight is 253 g/mol. The lowest BCUT2D eigenvalue weighted by atomic mass is 10.1. The van der Waals surface area contributed by atoms with Crippen LogP contribution in [0.1, 0.15) is 17.5 Å². The molecule has 0 amide bonds. The molecule has 0 saturated heterocycles. The number of nitrogens with zero attached hydrogens (tertiary/aromatic N) is 2. The summed E-state index contributed by atoms with van der Waals surface area (Å²) in [5.74, 6) is 0.658. The first-order valence-corrected chi connectivity index (χ1v) is 7.05. The van der Waals surface area contributed by atoms with Gasteiger partial charge in [-0.1, -0.05) is 17.5 Å². The Morgan fingerprint density at radius 1 is 1.50 bits per heavy atom. The normalized spacial score (nSPS) is 12.8. The Hall–Kier alpha value is -0.780. The topological polar surface area (TPSA) is 37.8 Å². The molecule has 5 heteroatoms. The van der Waals surface area contributed by atoms with Crippen LogP contribution in [0.5, 0.6) is 0 Å². The number of rotatable bonds is 6. The smallest absolute Gasteiger partial charge is 0.0893 e. The van der Waals surface area contributed by atoms with E-state index < -0.39 is 0 Å². The van der Waals surface area contributed by atoms with E-state index in [2.05, 4.69) is 39.3 Å². The number of hydrogen-bond acceptors (Lipinski definition) is 5. The van der Waals surface area contributed by atoms with Crippen molar-refractivity contribution in [3.05, 3.63) is 33.5 Å². The van der Waals surface area contributed by atoms with Gasteiger partial charge in [-0.15, -0.1) is 16.4 Å². The minimum atomic E-state index is 0.658. The van der Waals surface area contributed by atoms with Crippen molar-refractivity contribution in [1.82, 2.24) is 14.9 Å². The van der Waals surface area contributed by atoms with Crippen LogP contribution in [0.4, 0.5) is 0 Å². The first-order chi connectivity index (χ1) is 7.84. The predicted octanol–water partition coefficient (Wildman–Crippen LogP) is 2.57. The fourth-order valence-corrected chi connectivity index (χ4v) is 2.87. The van der Waals surface area contributed by atoms with E-state index in [1.54, 1.807) is 0 Å². The number of nitrogens with one attached hydrogen (secondary N) is 1. The van der Waals surface area contributed by atoms with Gasteiger partial charge in [0.1, 0.15) is 0 Å². The van der Waals surface area contributed by atoms with Crippen LogP contribution < -0.4 is 5.32 Å². The van der Waals surface area contributed by atoms with Gasteiger partial charge in [-0.3, -0.25) is 0 Å². The number of hydrogen-bond donors (Lipinski definition) is 1. The minimum Gasteiger partial charge on any atom is -0.311 e. The molecular weight excluding hydrogens is 238 g/mol. The van der Waals surface area contributed by atoms with Crippen molar-refractivity contribution in [2.75, 3.05) is 6.54 Å². The van der Waals surface area contributed by atoms with Gasteiger partial charge < -0.3 is 5.32 Å². The van der Waals surface area contributed by atoms with Gasteiger partial charge in [0.2, 0.25) is 0 Å². The van der Waals surface area contributed by atoms with Gasteiger partial charge in [0.25, 0.3) is 0 Å². The highest BCUT2D eigenvalue weighted by molar-refractivity contribution is 7.09. The van der Waals surface area contributed by atoms with E-state index in [1.807, 2.05) is 16.7 Å². The third-order valence-electron chi connectivity index (χ3n) is 2.33. The second kappa shape index (κ2) is 6.08. The molecule has 16 heavy (non-hydrogen) atoms. The quantitative estimate of drug-likeness (QED) is 0.860. The average Bonchev–Trinajstić information content (AvgIpc) is 2.90. The van der Waals surface area contributed by atoms with Gasteiger partial charge in [0, 0.05) is 16.8 Å². The molecule has 0 aromatic carbocycles. The molecule has 2 aromatic heterocycles. The summed E-state index contributed by atoms with van der Waals surface area (Å²) in [7, 11) is 0. The SMILES string of the molecule is CC(CNCc1csnn1)Cc1cccs1. The lowest BCUT2D eigenvalue weighted by Crippen LogP contribution is -2.22. The van der Waals surface area contributed by atoms with Gasteiger partial charge in [0.05, 0.1) is 5.69 Å². The standard InChI is InChI=1S/C11H15N3S2/c1-9(5-11-3-2-4-15-11)6-12-7-10-8-16-14-13-10/h2-4,8-9,12H,5-7H2,1H3. The zero-order chi connectivity index (χ0) is 11.2. The monoisotopic (exact) mass is 253 g/mol. The molecule has 0 spiro atoms. The maximum Gasteiger partial charge on any atom is 0.0893 e. The predicted molar refractivity (Wildman–Crippen MR) is 68.8 cm³/mol. The molecule has 2 heterocycles. The first kappa shape index (κ1) is 11.7. The van der Waals surface area contributed by atoms with E-state index in [9.17, 15) is 0 Å². The van der Waals surface area contributed by atoms with E-state index in [-0.39, 0.29) is 0 Å². The van der Waals surface area contributed by atoms with Crippen molar-refractivity contribution in [2.24, 2.45) is 5.92 Å². The molecule has 0 radical (unpaired) electrons. The first-order valence-electron chi connectivity index (χ1n) is 5.33. The fraction of sp³-hybridized carbons (Fsp3) is 0.455. The van der Waals surface area contributed by atoms with Crippen molar-refractivity contribution >= 4 is 22.9 Å². The van der Waals surface area contributed by atoms with Crippen LogP contribution in [-0.2, 0) is 13.0 Å². The van der Waals surface area contributed by atoms with Gasteiger partial charge in [-0.2, -0.15) is 0 Å². The van der Waals surface area contributed by atoms with Crippen molar-refractivity contribution in [3.8, 4) is 0 Å². The molecule has 1 atom stereocenters. The summed E-state index contributed by atoms with van der Waals surface area (Å²) in [5.41, 5.74) is 1.04. The van der Waals surface area contributed by atoms with Crippen LogP contribution in [0, 0.1) is 5.92 Å². The van der Waals surface area contributed by atoms with Crippen molar-refractivity contribution in [2.45, 2.75) is 19.9 Å². The van der Waals surface area contributed by atoms with Crippen molar-refractivity contribution in [3.63, 3.8) is 0 Å². The van der Waals surface area contributed by atoms with Gasteiger partial charge in [-0.25, -0.2) is 0 Å². The molecule has 0 aliphatic rings. The molecule has 0 aliphatic heterocycles. The maximum absolute atomic E-state index is 4.00. The summed E-state index contributed by atoms with van der Waals surface area (Å²) in [6.45, 7) is 4.12. The third kappa shape index (κ3) is 3.66. The molecule has 1 unspecified atom stereocenters. The van der Waals surface area contributed by atoms with Crippen LogP contribution in [-0.4, -0.2) is 16.1 Å². The molecule has 1 N–H and O–H groups in total. The zero-order valence-corrected chi connectivity index (χ0v) is 10.9. The number of aromatic nitrogens is 2. The molecule has 2 aromatic rings. The van der Waals surface area contributed by atoms with Gasteiger partial charge >= 0.3 is 0 Å². The van der Waals surface area contributed by atoms with E-state index in [1.165, 1.54) is 16.4 Å². The van der Waals surface area contributed by atoms with Crippen LogP contribution in [0.3, 0.4) is 0 Å². The van der Waals surface area contributed by atoms with Gasteiger partial charge in [0.15, 0.2) is 0 Å². The Balaban J connectivity index is 1.66. The van der Waals surface area contributed by atoms with Gasteiger partial charge in [-0.05, 0) is 41.9 Å². The Morgan fingerprint density at radius 2 is 2.44 bits per heavy atom. The number of thiophene rings is 1. The van der Waals surface area contributed by atoms with Crippen LogP contribution in [0.2, 0.25) is 0 Å². The lowest BCUT2D eigenvalue weighted by Gasteiger charge is -2.10. The maximum atomic E-state index is 4.00. The Kier molecular flexibility index (Phi) is 4.44. The molecule has 0 saturated carbocycles. The molecule has 86 valence electrons. The van der Waals surface area contributed by atoms with Crippen LogP contribution in [0.15, 0.2) is 22.9 Å². The minimum absolute atomic E-state index is 0.658. The Morgan fingerprint density at radius 3 is 3.12 bits per heavy atom. The summed E-state index contributed by atoms with van der Waals surface area (Å²) < 4.78 is 3.83. The van der Waals surface area contributed by atoms with Crippen molar-refractivity contribution in [1.29, 1.82) is 0 Å². The third-order valence-corrected chi connectivity index (χ3v) is 3.79. The summed E-state index contributed by atoms with van der Waals surface area (Å²) in [6.07, 6.45) is 1.15. The van der Waals surface area contributed by atoms with E-state index >= 15 is 0 Å². The highest BCUT2D eigenvalue weighted by Gasteiger charge is 2.04. The summed E-state index contributed by atoms with van der Waals surface area (Å²) in [4.78, 5) is 1.46. The van der Waals surface area contributed by atoms with E-state index in [4.69, 9.17) is 0 Å². The van der Waals surface area contributed by atoms with E-state index in [0.29, 0.717) is 5.92 Å². The van der Waals surface area contributed by atoms with E-state index in [0.717, 1.165) is 25.2 Å². The molecule has 3 nitrogen and oxygen atoms in total. The van der Waals surface area contributed by atoms with Crippen LogP contribution in [0.25, 0.3) is 0 Å². The molecular formula is C11H15N3S2. The lowest BCUT2D eigenvalue weighted by molar-refractivity contribution is 0.510. The fourth-order valence-electron chi connectivity index (χ4n) is 1.55. The molecule has 0 fully saturated rings. The van der Waals surface area contributed by atoms with Crippen LogP contribution >= 0.6 is 22.9 Å². The Bertz CT molecular complexity index is 383.